The normalized spacial score (nSPS) is 17.1. The van der Waals surface area contributed by atoms with E-state index in [-0.39, 0.29) is 36.7 Å². The molecule has 0 saturated carbocycles. The maximum absolute atomic E-state index is 13.7. The van der Waals surface area contributed by atoms with Crippen LogP contribution < -0.4 is 11.1 Å². The van der Waals surface area contributed by atoms with Crippen LogP contribution in [0.2, 0.25) is 0 Å². The van der Waals surface area contributed by atoms with Gasteiger partial charge in [-0.25, -0.2) is 19.6 Å². The van der Waals surface area contributed by atoms with Crippen molar-refractivity contribution in [3.05, 3.63) is 144 Å². The van der Waals surface area contributed by atoms with Gasteiger partial charge in [0, 0.05) is 13.1 Å². The average molecular weight is 821 g/mol. The lowest BCUT2D eigenvalue weighted by atomic mass is 10.0. The number of hydrogen-bond donors (Lipinski definition) is 4. The van der Waals surface area contributed by atoms with E-state index in [0.29, 0.717) is 24.5 Å². The summed E-state index contributed by atoms with van der Waals surface area (Å²) in [6, 6.07) is 34.1. The lowest BCUT2D eigenvalue weighted by Crippen LogP contribution is -2.36. The number of benzene rings is 4. The largest absolute Gasteiger partial charge is 0.453 e. The first kappa shape index (κ1) is 40.6. The van der Waals surface area contributed by atoms with E-state index in [1.165, 1.54) is 7.11 Å². The number of alkyl carbamates (subject to hydrolysis) is 1. The van der Waals surface area contributed by atoms with Crippen molar-refractivity contribution < 1.29 is 28.7 Å². The van der Waals surface area contributed by atoms with Crippen molar-refractivity contribution in [1.82, 2.24) is 35.1 Å². The number of nitrogens with two attached hydrogens (primary N) is 1. The number of methoxy groups -OCH3 is 1. The Balaban J connectivity index is 0.895. The van der Waals surface area contributed by atoms with Crippen molar-refractivity contribution in [3.63, 3.8) is 0 Å². The zero-order valence-electron chi connectivity index (χ0n) is 33.8. The molecule has 4 amide bonds. The van der Waals surface area contributed by atoms with Crippen LogP contribution in [0.1, 0.15) is 85.5 Å². The zero-order valence-corrected chi connectivity index (χ0v) is 33.8. The summed E-state index contributed by atoms with van der Waals surface area (Å²) >= 11 is 0. The number of rotatable bonds is 13. The van der Waals surface area contributed by atoms with E-state index in [1.807, 2.05) is 83.9 Å². The smallest absolute Gasteiger partial charge is 0.407 e. The van der Waals surface area contributed by atoms with E-state index in [0.717, 1.165) is 70.7 Å². The molecule has 14 heteroatoms. The molecule has 4 heterocycles. The summed E-state index contributed by atoms with van der Waals surface area (Å²) in [6.07, 6.45) is 4.66. The molecule has 0 aliphatic carbocycles. The fourth-order valence-electron chi connectivity index (χ4n) is 8.43. The highest BCUT2D eigenvalue weighted by molar-refractivity contribution is 5.80. The van der Waals surface area contributed by atoms with Crippen LogP contribution in [-0.2, 0) is 19.1 Å². The maximum Gasteiger partial charge on any atom is 0.407 e. The van der Waals surface area contributed by atoms with Crippen LogP contribution >= 0.6 is 0 Å². The number of H-pyrrole nitrogens is 2. The van der Waals surface area contributed by atoms with Crippen molar-refractivity contribution in [3.8, 4) is 33.6 Å². The first-order chi connectivity index (χ1) is 29.7. The van der Waals surface area contributed by atoms with Gasteiger partial charge in [0.25, 0.3) is 0 Å². The molecule has 61 heavy (non-hydrogen) atoms. The summed E-state index contributed by atoms with van der Waals surface area (Å²) in [5.41, 5.74) is 12.6. The number of carbonyl (C=O) groups is 4. The third-order valence-electron chi connectivity index (χ3n) is 11.5. The van der Waals surface area contributed by atoms with Gasteiger partial charge in [-0.2, -0.15) is 0 Å². The molecule has 0 radical (unpaired) electrons. The fraction of sp³-hybridized carbons (Fsp3) is 0.277. The molecular weight excluding hydrogens is 773 g/mol. The highest BCUT2D eigenvalue weighted by Crippen LogP contribution is 2.36. The second-order valence-corrected chi connectivity index (χ2v) is 15.4. The molecule has 5 N–H and O–H groups in total. The number of primary amides is 1. The predicted octanol–water partition coefficient (Wildman–Crippen LogP) is 8.17. The van der Waals surface area contributed by atoms with Crippen molar-refractivity contribution in [2.75, 3.05) is 20.2 Å². The Kier molecular flexibility index (Phi) is 12.2. The lowest BCUT2D eigenvalue weighted by Gasteiger charge is -2.26. The Morgan fingerprint density at radius 3 is 1.61 bits per heavy atom. The summed E-state index contributed by atoms with van der Waals surface area (Å²) in [7, 11) is 1.31. The molecule has 4 aromatic carbocycles. The van der Waals surface area contributed by atoms with Gasteiger partial charge in [-0.1, -0.05) is 109 Å². The van der Waals surface area contributed by atoms with Crippen LogP contribution in [0.5, 0.6) is 0 Å². The van der Waals surface area contributed by atoms with Crippen LogP contribution in [0.4, 0.5) is 9.59 Å². The van der Waals surface area contributed by atoms with Gasteiger partial charge in [-0.05, 0) is 59.1 Å². The summed E-state index contributed by atoms with van der Waals surface area (Å²) in [6.45, 7) is 1.20. The maximum atomic E-state index is 13.7. The van der Waals surface area contributed by atoms with Crippen molar-refractivity contribution in [1.29, 1.82) is 0 Å². The molecule has 8 rings (SSSR count). The SMILES string of the molecule is COC(=O)N[C@@H](CC(=O)N1CCCC1c1ncc(-c2ccc(-c3ccc(-c4cnc([C@@H]5CCCN5C(=O)C[C@H](OC(N)=O)c5ccccc5)[nH]4)cc3)cc2)[nH]1)c1ccccc1. The molecule has 312 valence electrons. The fourth-order valence-corrected chi connectivity index (χ4v) is 8.43. The molecule has 2 saturated heterocycles. The van der Waals surface area contributed by atoms with E-state index in [1.54, 1.807) is 11.1 Å². The Bertz CT molecular complexity index is 2450. The van der Waals surface area contributed by atoms with Gasteiger partial charge >= 0.3 is 12.2 Å². The van der Waals surface area contributed by atoms with Gasteiger partial charge in [0.2, 0.25) is 11.8 Å². The van der Waals surface area contributed by atoms with E-state index in [9.17, 15) is 19.2 Å². The number of hydrogen-bond acceptors (Lipinski definition) is 8. The third-order valence-corrected chi connectivity index (χ3v) is 11.5. The summed E-state index contributed by atoms with van der Waals surface area (Å²) < 4.78 is 10.2. The van der Waals surface area contributed by atoms with E-state index in [4.69, 9.17) is 20.2 Å². The number of nitrogens with zero attached hydrogens (tertiary/aromatic N) is 4. The van der Waals surface area contributed by atoms with Gasteiger partial charge in [0.05, 0.1) is 61.9 Å². The van der Waals surface area contributed by atoms with Gasteiger partial charge < -0.3 is 40.3 Å². The lowest BCUT2D eigenvalue weighted by molar-refractivity contribution is -0.134. The Morgan fingerprint density at radius 2 is 1.13 bits per heavy atom. The Morgan fingerprint density at radius 1 is 0.672 bits per heavy atom. The molecule has 4 atom stereocenters. The Hall–Kier alpha value is -7.22. The molecule has 1 unspecified atom stereocenters. The van der Waals surface area contributed by atoms with Crippen LogP contribution in [0.3, 0.4) is 0 Å². The molecule has 0 spiro atoms. The summed E-state index contributed by atoms with van der Waals surface area (Å²) in [4.78, 5) is 71.0. The molecule has 0 bridgehead atoms. The van der Waals surface area contributed by atoms with Crippen LogP contribution in [0.15, 0.2) is 122 Å². The number of ether oxygens (including phenoxy) is 2. The standard InChI is InChI=1S/C47H48N8O6/c1-60-47(59)53-36(32-10-4-2-5-11-32)26-42(56)54-24-8-14-39(54)44-49-28-37(51-44)33-20-16-30(17-21-33)31-18-22-34(23-19-31)38-29-50-45(52-38)40-15-9-25-55(40)43(57)27-41(61-46(48)58)35-12-6-3-7-13-35/h2-7,10-13,16-23,28-29,36,39-41H,8-9,14-15,24-27H2,1H3,(H2,48,58)(H,49,51)(H,50,52)(H,53,59)/t36-,39?,40-,41-/m0/s1. The topological polar surface area (TPSA) is 189 Å². The van der Waals surface area contributed by atoms with Crippen LogP contribution in [-0.4, -0.2) is 73.9 Å². The van der Waals surface area contributed by atoms with Gasteiger partial charge in [0.15, 0.2) is 0 Å². The number of likely N-dealkylation sites (tertiary alicyclic amines) is 2. The monoisotopic (exact) mass is 820 g/mol. The summed E-state index contributed by atoms with van der Waals surface area (Å²) in [5, 5.41) is 2.81. The predicted molar refractivity (Wildman–Crippen MR) is 228 cm³/mol. The molecule has 14 nitrogen and oxygen atoms in total. The molecule has 2 aromatic heterocycles. The highest BCUT2D eigenvalue weighted by atomic mass is 16.6. The number of nitrogens with one attached hydrogen (secondary N) is 3. The molecular formula is C47H48N8O6. The van der Waals surface area contributed by atoms with Crippen molar-refractivity contribution in [2.24, 2.45) is 5.73 Å². The number of carbonyl (C=O) groups excluding carboxylic acids is 4. The van der Waals surface area contributed by atoms with E-state index < -0.39 is 24.3 Å². The van der Waals surface area contributed by atoms with Gasteiger partial charge in [-0.15, -0.1) is 0 Å². The van der Waals surface area contributed by atoms with Gasteiger partial charge in [0.1, 0.15) is 17.8 Å². The van der Waals surface area contributed by atoms with E-state index >= 15 is 0 Å². The molecule has 2 fully saturated rings. The van der Waals surface area contributed by atoms with Crippen molar-refractivity contribution in [2.45, 2.75) is 62.8 Å². The summed E-state index contributed by atoms with van der Waals surface area (Å²) in [5.74, 6) is 1.25. The first-order valence-corrected chi connectivity index (χ1v) is 20.5. The Labute approximate surface area is 353 Å². The minimum absolute atomic E-state index is 0.0138. The number of amides is 4. The van der Waals surface area contributed by atoms with Gasteiger partial charge in [-0.3, -0.25) is 9.59 Å². The second-order valence-electron chi connectivity index (χ2n) is 15.4. The molecule has 2 aliphatic rings. The average Bonchev–Trinajstić information content (AvgIpc) is 4.14. The van der Waals surface area contributed by atoms with Crippen molar-refractivity contribution >= 4 is 24.0 Å². The van der Waals surface area contributed by atoms with E-state index in [2.05, 4.69) is 56.7 Å². The first-order valence-electron chi connectivity index (χ1n) is 20.5. The highest BCUT2D eigenvalue weighted by Gasteiger charge is 2.35. The number of aromatic amines is 2. The third kappa shape index (κ3) is 9.33. The second kappa shape index (κ2) is 18.4. The molecule has 6 aromatic rings. The van der Waals surface area contributed by atoms with Crippen LogP contribution in [0, 0.1) is 0 Å². The minimum Gasteiger partial charge on any atom is -0.453 e. The van der Waals surface area contributed by atoms with Crippen LogP contribution in [0.25, 0.3) is 33.6 Å². The minimum atomic E-state index is -0.923. The zero-order chi connectivity index (χ0) is 42.3. The quantitative estimate of drug-likeness (QED) is 0.0898. The number of aromatic nitrogens is 4. The molecule has 2 aliphatic heterocycles. The number of imidazole rings is 2.